The molecule has 2 aliphatic rings. The highest BCUT2D eigenvalue weighted by Gasteiger charge is 2.47. The summed E-state index contributed by atoms with van der Waals surface area (Å²) < 4.78 is 34.4. The van der Waals surface area contributed by atoms with Crippen molar-refractivity contribution in [3.8, 4) is 0 Å². The number of ether oxygens (including phenoxy) is 6. The molecule has 0 amide bonds. The van der Waals surface area contributed by atoms with Crippen molar-refractivity contribution in [2.75, 3.05) is 33.0 Å². The van der Waals surface area contributed by atoms with Crippen LogP contribution < -0.4 is 0 Å². The van der Waals surface area contributed by atoms with Gasteiger partial charge in [-0.05, 0) is 70.6 Å². The van der Waals surface area contributed by atoms with Gasteiger partial charge < -0.3 is 64.2 Å². The van der Waals surface area contributed by atoms with Crippen LogP contribution in [0.2, 0.25) is 0 Å². The summed E-state index contributed by atoms with van der Waals surface area (Å²) in [4.78, 5) is 13.1. The van der Waals surface area contributed by atoms with E-state index in [1.54, 1.807) is 0 Å². The lowest BCUT2D eigenvalue weighted by Crippen LogP contribution is -2.61. The minimum absolute atomic E-state index is 0.0608. The van der Waals surface area contributed by atoms with E-state index in [2.05, 4.69) is 50.3 Å². The van der Waals surface area contributed by atoms with Crippen LogP contribution in [0.3, 0.4) is 0 Å². The zero-order chi connectivity index (χ0) is 54.4. The van der Waals surface area contributed by atoms with E-state index in [9.17, 15) is 40.5 Å². The molecule has 0 radical (unpaired) electrons. The minimum Gasteiger partial charge on any atom is -0.457 e. The van der Waals surface area contributed by atoms with Crippen molar-refractivity contribution < 1.29 is 69.0 Å². The van der Waals surface area contributed by atoms with Gasteiger partial charge in [0, 0.05) is 13.0 Å². The third-order valence-corrected chi connectivity index (χ3v) is 14.6. The number of hydrogen-bond donors (Lipinski definition) is 7. The first-order chi connectivity index (χ1) is 36.6. The fourth-order valence-corrected chi connectivity index (χ4v) is 9.66. The number of aliphatic hydroxyl groups excluding tert-OH is 7. The van der Waals surface area contributed by atoms with Gasteiger partial charge in [0.25, 0.3) is 0 Å². The molecule has 0 spiro atoms. The number of esters is 1. The zero-order valence-electron chi connectivity index (χ0n) is 47.3. The Hall–Kier alpha value is -1.79. The Kier molecular flexibility index (Phi) is 44.5. The predicted octanol–water partition coefficient (Wildman–Crippen LogP) is 11.3. The first-order valence-corrected chi connectivity index (χ1v) is 30.6. The Balaban J connectivity index is 1.69. The maximum Gasteiger partial charge on any atom is 0.306 e. The van der Waals surface area contributed by atoms with Crippen LogP contribution in [0.4, 0.5) is 0 Å². The van der Waals surface area contributed by atoms with Crippen LogP contribution in [0, 0.1) is 0 Å². The minimum atomic E-state index is -1.71. The highest BCUT2D eigenvalue weighted by Crippen LogP contribution is 2.27. The second kappa shape index (κ2) is 48.1. The van der Waals surface area contributed by atoms with Crippen LogP contribution in [0.5, 0.6) is 0 Å². The Labute approximate surface area is 455 Å². The first kappa shape index (κ1) is 69.3. The van der Waals surface area contributed by atoms with Crippen LogP contribution in [0.15, 0.2) is 36.5 Å². The van der Waals surface area contributed by atoms with Crippen LogP contribution in [0.25, 0.3) is 0 Å². The van der Waals surface area contributed by atoms with Gasteiger partial charge in [-0.3, -0.25) is 4.79 Å². The highest BCUT2D eigenvalue weighted by molar-refractivity contribution is 5.69. The molecule has 0 aromatic heterocycles. The van der Waals surface area contributed by atoms with Crippen molar-refractivity contribution in [1.82, 2.24) is 0 Å². The van der Waals surface area contributed by atoms with Gasteiger partial charge in [-0.1, -0.05) is 204 Å². The van der Waals surface area contributed by atoms with Crippen molar-refractivity contribution in [1.29, 1.82) is 0 Å². The van der Waals surface area contributed by atoms with Crippen LogP contribution in [-0.2, 0) is 33.2 Å². The molecule has 14 nitrogen and oxygen atoms in total. The second-order valence-electron chi connectivity index (χ2n) is 21.5. The summed E-state index contributed by atoms with van der Waals surface area (Å²) in [5.41, 5.74) is 0. The van der Waals surface area contributed by atoms with Gasteiger partial charge in [0.2, 0.25) is 0 Å². The molecule has 0 aliphatic carbocycles. The summed E-state index contributed by atoms with van der Waals surface area (Å²) in [5, 5.41) is 72.4. The lowest BCUT2D eigenvalue weighted by atomic mass is 9.98. The van der Waals surface area contributed by atoms with E-state index in [0.717, 1.165) is 51.4 Å². The summed E-state index contributed by atoms with van der Waals surface area (Å²) in [7, 11) is 0. The smallest absolute Gasteiger partial charge is 0.306 e. The summed E-state index contributed by atoms with van der Waals surface area (Å²) in [6, 6.07) is 0. The van der Waals surface area contributed by atoms with E-state index in [4.69, 9.17) is 28.4 Å². The Morgan fingerprint density at radius 1 is 0.440 bits per heavy atom. The second-order valence-corrected chi connectivity index (χ2v) is 21.5. The van der Waals surface area contributed by atoms with Gasteiger partial charge in [0.15, 0.2) is 12.6 Å². The monoisotopic (exact) mass is 1070 g/mol. The third kappa shape index (κ3) is 34.7. The van der Waals surface area contributed by atoms with E-state index in [1.165, 1.54) is 167 Å². The fraction of sp³-hybridized carbons (Fsp3) is 0.885. The molecular weight excluding hydrogens is 957 g/mol. The molecule has 0 saturated carbocycles. The van der Waals surface area contributed by atoms with Gasteiger partial charge in [-0.2, -0.15) is 0 Å². The molecule has 0 bridgehead atoms. The fourth-order valence-electron chi connectivity index (χ4n) is 9.66. The van der Waals surface area contributed by atoms with E-state index in [0.29, 0.717) is 13.0 Å². The third-order valence-electron chi connectivity index (χ3n) is 14.6. The quantitative estimate of drug-likeness (QED) is 0.0172. The first-order valence-electron chi connectivity index (χ1n) is 30.6. The SMILES string of the molecule is CCCCCCC/C=C\C/C=C\CCCCCCCCCCCCCCOCC(COC1OC(COC2OC(CO)C(O)C(O)C2O)C(O)C(O)C1O)OC(=O)CCCCCCCCC/C=C\CCCCCCCC. The van der Waals surface area contributed by atoms with Crippen molar-refractivity contribution in [3.63, 3.8) is 0 Å². The topological polar surface area (TPSA) is 214 Å². The summed E-state index contributed by atoms with van der Waals surface area (Å²) in [6.45, 7) is 3.70. The molecule has 0 aromatic carbocycles. The molecule has 2 heterocycles. The number of hydrogen-bond acceptors (Lipinski definition) is 14. The molecule has 2 rings (SSSR count). The number of unbranched alkanes of at least 4 members (excludes halogenated alkanes) is 30. The Morgan fingerprint density at radius 2 is 0.827 bits per heavy atom. The van der Waals surface area contributed by atoms with Crippen molar-refractivity contribution in [3.05, 3.63) is 36.5 Å². The van der Waals surface area contributed by atoms with Crippen LogP contribution in [0.1, 0.15) is 245 Å². The summed E-state index contributed by atoms with van der Waals surface area (Å²) in [6.07, 6.45) is 40.6. The van der Waals surface area contributed by atoms with E-state index in [-0.39, 0.29) is 25.6 Å². The Bertz CT molecular complexity index is 1380. The van der Waals surface area contributed by atoms with E-state index in [1.807, 2.05) is 0 Å². The van der Waals surface area contributed by atoms with Crippen LogP contribution >= 0.6 is 0 Å². The number of aliphatic hydroxyl groups is 7. The number of allylic oxidation sites excluding steroid dienone is 6. The van der Waals surface area contributed by atoms with Gasteiger partial charge in [-0.25, -0.2) is 0 Å². The molecule has 11 atom stereocenters. The number of rotatable bonds is 50. The van der Waals surface area contributed by atoms with Gasteiger partial charge in [-0.15, -0.1) is 0 Å². The number of carbonyl (C=O) groups excluding carboxylic acids is 1. The summed E-state index contributed by atoms with van der Waals surface area (Å²) in [5.74, 6) is -0.378. The lowest BCUT2D eigenvalue weighted by Gasteiger charge is -2.42. The molecule has 7 N–H and O–H groups in total. The average molecular weight is 1070 g/mol. The van der Waals surface area contributed by atoms with Gasteiger partial charge in [0.05, 0.1) is 26.4 Å². The van der Waals surface area contributed by atoms with Gasteiger partial charge in [0.1, 0.15) is 54.9 Å². The molecule has 0 aromatic rings. The van der Waals surface area contributed by atoms with Crippen molar-refractivity contribution in [2.45, 2.75) is 313 Å². The van der Waals surface area contributed by atoms with Gasteiger partial charge >= 0.3 is 5.97 Å². The maximum atomic E-state index is 13.1. The zero-order valence-corrected chi connectivity index (χ0v) is 47.3. The molecule has 2 saturated heterocycles. The van der Waals surface area contributed by atoms with Crippen molar-refractivity contribution >= 4 is 5.97 Å². The molecule has 75 heavy (non-hydrogen) atoms. The molecule has 440 valence electrons. The summed E-state index contributed by atoms with van der Waals surface area (Å²) >= 11 is 0. The lowest BCUT2D eigenvalue weighted by molar-refractivity contribution is -0.332. The van der Waals surface area contributed by atoms with Crippen LogP contribution in [-0.4, -0.2) is 142 Å². The maximum absolute atomic E-state index is 13.1. The van der Waals surface area contributed by atoms with E-state index >= 15 is 0 Å². The largest absolute Gasteiger partial charge is 0.457 e. The predicted molar refractivity (Wildman–Crippen MR) is 298 cm³/mol. The molecule has 14 heteroatoms. The molecule has 2 fully saturated rings. The molecular formula is C61H112O14. The normalized spacial score (nSPS) is 24.8. The average Bonchev–Trinajstić information content (AvgIpc) is 3.41. The molecule has 2 aliphatic heterocycles. The number of carbonyl (C=O) groups is 1. The highest BCUT2D eigenvalue weighted by atomic mass is 16.7. The standard InChI is InChI=1S/C61H112O14/c1-3-5-7-9-11-13-15-17-19-21-22-23-24-25-26-27-29-31-33-35-37-39-41-43-45-70-47-50(73-53(63)44-42-40-38-36-34-32-30-28-20-18-16-14-12-10-8-6-4-2)48-71-60-59(69)57(67)55(65)52(75-60)49-72-61-58(68)56(66)54(64)51(46-62)74-61/h15,17-18,20-22,50-52,54-62,64-69H,3-14,16,19,23-49H2,1-2H3/b17-15-,20-18-,22-21-. The Morgan fingerprint density at radius 3 is 1.29 bits per heavy atom. The van der Waals surface area contributed by atoms with E-state index < -0.39 is 80.7 Å². The van der Waals surface area contributed by atoms with Crippen molar-refractivity contribution in [2.24, 2.45) is 0 Å². The molecule has 11 unspecified atom stereocenters.